The minimum absolute atomic E-state index is 0.0101. The molecule has 22 heavy (non-hydrogen) atoms. The second-order valence-corrected chi connectivity index (χ2v) is 6.36. The topological polar surface area (TPSA) is 56.9 Å². The van der Waals surface area contributed by atoms with Crippen molar-refractivity contribution in [2.24, 2.45) is 0 Å². The second-order valence-electron chi connectivity index (χ2n) is 6.36. The Kier molecular flexibility index (Phi) is 4.49. The molecule has 1 saturated heterocycles. The van der Waals surface area contributed by atoms with Crippen LogP contribution in [-0.2, 0) is 11.3 Å². The highest BCUT2D eigenvalue weighted by atomic mass is 19.1. The summed E-state index contributed by atoms with van der Waals surface area (Å²) < 4.78 is 19.1. The van der Waals surface area contributed by atoms with Crippen molar-refractivity contribution in [3.8, 4) is 0 Å². The van der Waals surface area contributed by atoms with E-state index >= 15 is 0 Å². The molecule has 1 amide bonds. The summed E-state index contributed by atoms with van der Waals surface area (Å²) in [7, 11) is 0. The highest BCUT2D eigenvalue weighted by molar-refractivity contribution is 5.79. The molecule has 0 aromatic carbocycles. The summed E-state index contributed by atoms with van der Waals surface area (Å²) in [5.74, 6) is 1.60. The Morgan fingerprint density at radius 2 is 2.27 bits per heavy atom. The molecule has 3 rings (SSSR count). The number of hydrogen-bond donors (Lipinski definition) is 1. The summed E-state index contributed by atoms with van der Waals surface area (Å²) in [6.07, 6.45) is 1.39. The van der Waals surface area contributed by atoms with Gasteiger partial charge in [0.25, 0.3) is 0 Å². The predicted molar refractivity (Wildman–Crippen MR) is 79.0 cm³/mol. The van der Waals surface area contributed by atoms with Crippen LogP contribution in [0.3, 0.4) is 0 Å². The third kappa shape index (κ3) is 3.50. The lowest BCUT2D eigenvalue weighted by Crippen LogP contribution is -2.44. The van der Waals surface area contributed by atoms with E-state index in [4.69, 9.17) is 4.42 Å². The molecular weight excluding hydrogens is 287 g/mol. The fourth-order valence-corrected chi connectivity index (χ4v) is 3.12. The van der Waals surface area contributed by atoms with E-state index in [1.807, 2.05) is 24.0 Å². The molecular formula is C16H23FN2O3. The number of rotatable bonds is 6. The van der Waals surface area contributed by atoms with Gasteiger partial charge in [0.2, 0.25) is 5.91 Å². The smallest absolute Gasteiger partial charge is 0.237 e. The van der Waals surface area contributed by atoms with Crippen LogP contribution in [-0.4, -0.2) is 58.8 Å². The monoisotopic (exact) mass is 310 g/mol. The van der Waals surface area contributed by atoms with Crippen molar-refractivity contribution < 1.29 is 18.7 Å². The first-order chi connectivity index (χ1) is 10.6. The number of alkyl halides is 1. The standard InChI is InChI=1S/C16H23FN2O3/c1-11-2-5-15(22-11)8-19(13-3-4-13)16(21)9-18-7-12(17)6-14(18)10-20/h2,5,12-14,20H,3-4,6-10H2,1H3/t12-,14-/m0/s1. The van der Waals surface area contributed by atoms with Gasteiger partial charge in [-0.3, -0.25) is 9.69 Å². The quantitative estimate of drug-likeness (QED) is 0.865. The lowest BCUT2D eigenvalue weighted by atomic mass is 10.2. The van der Waals surface area contributed by atoms with E-state index in [2.05, 4.69) is 0 Å². The second kappa shape index (κ2) is 6.38. The Labute approximate surface area is 129 Å². The Morgan fingerprint density at radius 3 is 2.86 bits per heavy atom. The number of nitrogens with zero attached hydrogens (tertiary/aromatic N) is 2. The van der Waals surface area contributed by atoms with Gasteiger partial charge >= 0.3 is 0 Å². The number of aliphatic hydroxyl groups is 1. The van der Waals surface area contributed by atoms with E-state index in [0.29, 0.717) is 13.0 Å². The molecule has 2 atom stereocenters. The molecule has 1 aromatic rings. The van der Waals surface area contributed by atoms with Crippen LogP contribution in [0.1, 0.15) is 30.8 Å². The number of hydrogen-bond acceptors (Lipinski definition) is 4. The highest BCUT2D eigenvalue weighted by Crippen LogP contribution is 2.29. The van der Waals surface area contributed by atoms with Gasteiger partial charge in [0.1, 0.15) is 17.7 Å². The normalized spacial score (nSPS) is 25.6. The van der Waals surface area contributed by atoms with Gasteiger partial charge in [-0.25, -0.2) is 4.39 Å². The fraction of sp³-hybridized carbons (Fsp3) is 0.688. The largest absolute Gasteiger partial charge is 0.464 e. The van der Waals surface area contributed by atoms with E-state index in [1.165, 1.54) is 0 Å². The van der Waals surface area contributed by atoms with Gasteiger partial charge in [0.15, 0.2) is 0 Å². The summed E-state index contributed by atoms with van der Waals surface area (Å²) in [4.78, 5) is 16.2. The lowest BCUT2D eigenvalue weighted by Gasteiger charge is -2.27. The Bertz CT molecular complexity index is 529. The first-order valence-electron chi connectivity index (χ1n) is 7.90. The number of aryl methyl sites for hydroxylation is 1. The molecule has 0 unspecified atom stereocenters. The maximum Gasteiger partial charge on any atom is 0.237 e. The Hall–Kier alpha value is -1.40. The van der Waals surface area contributed by atoms with Gasteiger partial charge in [0.05, 0.1) is 19.7 Å². The summed E-state index contributed by atoms with van der Waals surface area (Å²) in [6, 6.07) is 3.81. The molecule has 6 heteroatoms. The van der Waals surface area contributed by atoms with Gasteiger partial charge in [0, 0.05) is 18.6 Å². The van der Waals surface area contributed by atoms with Crippen molar-refractivity contribution in [2.75, 3.05) is 19.7 Å². The van der Waals surface area contributed by atoms with Crippen LogP contribution >= 0.6 is 0 Å². The first kappa shape index (κ1) is 15.5. The van der Waals surface area contributed by atoms with Crippen LogP contribution in [0.25, 0.3) is 0 Å². The number of amides is 1. The number of carbonyl (C=O) groups is 1. The SMILES string of the molecule is Cc1ccc(CN(C(=O)CN2C[C@@H](F)C[C@H]2CO)C2CC2)o1. The zero-order chi connectivity index (χ0) is 15.7. The van der Waals surface area contributed by atoms with Crippen LogP contribution in [0.15, 0.2) is 16.5 Å². The lowest BCUT2D eigenvalue weighted by molar-refractivity contribution is -0.134. The third-order valence-electron chi connectivity index (χ3n) is 4.46. The molecule has 5 nitrogen and oxygen atoms in total. The van der Waals surface area contributed by atoms with Crippen molar-refractivity contribution in [1.29, 1.82) is 0 Å². The maximum absolute atomic E-state index is 13.5. The fourth-order valence-electron chi connectivity index (χ4n) is 3.12. The molecule has 1 saturated carbocycles. The van der Waals surface area contributed by atoms with Crippen molar-refractivity contribution >= 4 is 5.91 Å². The predicted octanol–water partition coefficient (Wildman–Crippen LogP) is 1.48. The summed E-state index contributed by atoms with van der Waals surface area (Å²) in [5.41, 5.74) is 0. The Balaban J connectivity index is 1.63. The summed E-state index contributed by atoms with van der Waals surface area (Å²) >= 11 is 0. The molecule has 1 N–H and O–H groups in total. The average molecular weight is 310 g/mol. The van der Waals surface area contributed by atoms with Gasteiger partial charge in [-0.1, -0.05) is 0 Å². The highest BCUT2D eigenvalue weighted by Gasteiger charge is 2.37. The van der Waals surface area contributed by atoms with Crippen LogP contribution in [0.2, 0.25) is 0 Å². The van der Waals surface area contributed by atoms with Crippen LogP contribution in [0.5, 0.6) is 0 Å². The number of carbonyl (C=O) groups excluding carboxylic acids is 1. The van der Waals surface area contributed by atoms with Gasteiger partial charge in [-0.05, 0) is 38.3 Å². The van der Waals surface area contributed by atoms with E-state index in [0.717, 1.165) is 24.4 Å². The maximum atomic E-state index is 13.5. The first-order valence-corrected chi connectivity index (χ1v) is 7.90. The van der Waals surface area contributed by atoms with Gasteiger partial charge in [-0.15, -0.1) is 0 Å². The minimum Gasteiger partial charge on any atom is -0.464 e. The van der Waals surface area contributed by atoms with Crippen molar-refractivity contribution in [3.05, 3.63) is 23.7 Å². The van der Waals surface area contributed by atoms with E-state index in [1.54, 1.807) is 4.90 Å². The van der Waals surface area contributed by atoms with E-state index < -0.39 is 6.17 Å². The molecule has 2 fully saturated rings. The van der Waals surface area contributed by atoms with E-state index in [-0.39, 0.29) is 37.7 Å². The summed E-state index contributed by atoms with van der Waals surface area (Å²) in [5, 5.41) is 9.32. The van der Waals surface area contributed by atoms with Crippen molar-refractivity contribution in [2.45, 2.75) is 51.0 Å². The molecule has 0 spiro atoms. The third-order valence-corrected chi connectivity index (χ3v) is 4.46. The number of furan rings is 1. The van der Waals surface area contributed by atoms with E-state index in [9.17, 15) is 14.3 Å². The van der Waals surface area contributed by atoms with Crippen molar-refractivity contribution in [1.82, 2.24) is 9.80 Å². The molecule has 2 aliphatic rings. The average Bonchev–Trinajstić information content (AvgIpc) is 3.14. The summed E-state index contributed by atoms with van der Waals surface area (Å²) in [6.45, 7) is 2.64. The molecule has 1 aliphatic heterocycles. The zero-order valence-corrected chi connectivity index (χ0v) is 12.9. The van der Waals surface area contributed by atoms with Gasteiger partial charge < -0.3 is 14.4 Å². The van der Waals surface area contributed by atoms with Crippen molar-refractivity contribution in [3.63, 3.8) is 0 Å². The minimum atomic E-state index is -0.952. The molecule has 1 aliphatic carbocycles. The Morgan fingerprint density at radius 1 is 1.50 bits per heavy atom. The number of likely N-dealkylation sites (tertiary alicyclic amines) is 1. The molecule has 2 heterocycles. The molecule has 0 bridgehead atoms. The zero-order valence-electron chi connectivity index (χ0n) is 12.9. The van der Waals surface area contributed by atoms with Gasteiger partial charge in [-0.2, -0.15) is 0 Å². The molecule has 0 radical (unpaired) electrons. The van der Waals surface area contributed by atoms with Crippen LogP contribution in [0.4, 0.5) is 4.39 Å². The number of aliphatic hydroxyl groups excluding tert-OH is 1. The number of halogens is 1. The molecule has 122 valence electrons. The van der Waals surface area contributed by atoms with Crippen LogP contribution in [0, 0.1) is 6.92 Å². The molecule has 1 aromatic heterocycles. The van der Waals surface area contributed by atoms with Crippen LogP contribution < -0.4 is 0 Å².